The van der Waals surface area contributed by atoms with Gasteiger partial charge in [0, 0.05) is 13.7 Å². The lowest BCUT2D eigenvalue weighted by Gasteiger charge is -2.26. The Morgan fingerprint density at radius 3 is 2.21 bits per heavy atom. The van der Waals surface area contributed by atoms with E-state index in [1.54, 1.807) is 7.11 Å². The number of hydrogen-bond acceptors (Lipinski definition) is 4. The predicted molar refractivity (Wildman–Crippen MR) is 80.7 cm³/mol. The molecule has 2 rings (SSSR count). The minimum absolute atomic E-state index is 0.158. The maximum absolute atomic E-state index is 12.1. The molecule has 0 amide bonds. The Labute approximate surface area is 138 Å². The summed E-state index contributed by atoms with van der Waals surface area (Å²) in [5.41, 5.74) is 0. The van der Waals surface area contributed by atoms with Crippen molar-refractivity contribution < 1.29 is 32.2 Å². The normalized spacial score (nSPS) is 21.3. The Balaban J connectivity index is 1.80. The minimum Gasteiger partial charge on any atom is -0.426 e. The molecule has 24 heavy (non-hydrogen) atoms. The van der Waals surface area contributed by atoms with Crippen molar-refractivity contribution >= 4 is 5.97 Å². The summed E-state index contributed by atoms with van der Waals surface area (Å²) in [6.07, 6.45) is -0.285. The van der Waals surface area contributed by atoms with Crippen molar-refractivity contribution in [1.82, 2.24) is 0 Å². The summed E-state index contributed by atoms with van der Waals surface area (Å²) in [5.74, 6) is -0.0376. The monoisotopic (exact) mass is 346 g/mol. The van der Waals surface area contributed by atoms with E-state index < -0.39 is 6.36 Å². The molecule has 0 radical (unpaired) electrons. The second-order valence-electron chi connectivity index (χ2n) is 5.94. The molecule has 4 nitrogen and oxygen atoms in total. The molecule has 0 N–H and O–H groups in total. The first-order chi connectivity index (χ1) is 11.4. The highest BCUT2D eigenvalue weighted by molar-refractivity contribution is 5.75. The molecule has 0 aliphatic heterocycles. The van der Waals surface area contributed by atoms with Crippen LogP contribution in [0.5, 0.6) is 11.5 Å². The molecule has 1 saturated carbocycles. The summed E-state index contributed by atoms with van der Waals surface area (Å²) in [4.78, 5) is 12.1. The number of carbonyl (C=O) groups is 1. The van der Waals surface area contributed by atoms with Gasteiger partial charge in [-0.15, -0.1) is 13.2 Å². The fourth-order valence-electron chi connectivity index (χ4n) is 2.88. The van der Waals surface area contributed by atoms with Gasteiger partial charge in [0.05, 0.1) is 5.92 Å². The largest absolute Gasteiger partial charge is 0.573 e. The van der Waals surface area contributed by atoms with E-state index in [0.717, 1.165) is 50.8 Å². The third-order valence-electron chi connectivity index (χ3n) is 4.19. The number of rotatable bonds is 6. The average molecular weight is 346 g/mol. The molecule has 1 aromatic rings. The van der Waals surface area contributed by atoms with E-state index >= 15 is 0 Å². The van der Waals surface area contributed by atoms with Crippen molar-refractivity contribution in [1.29, 1.82) is 0 Å². The highest BCUT2D eigenvalue weighted by atomic mass is 19.4. The van der Waals surface area contributed by atoms with Gasteiger partial charge < -0.3 is 14.2 Å². The number of carbonyl (C=O) groups excluding carboxylic acids is 1. The molecule has 7 heteroatoms. The van der Waals surface area contributed by atoms with E-state index in [1.165, 1.54) is 12.1 Å². The number of ether oxygens (including phenoxy) is 3. The maximum atomic E-state index is 12.1. The highest BCUT2D eigenvalue weighted by Crippen LogP contribution is 2.32. The second kappa shape index (κ2) is 8.37. The van der Waals surface area contributed by atoms with Crippen LogP contribution in [0.3, 0.4) is 0 Å². The molecule has 0 atom stereocenters. The van der Waals surface area contributed by atoms with Crippen LogP contribution in [0, 0.1) is 11.8 Å². The van der Waals surface area contributed by atoms with E-state index in [9.17, 15) is 18.0 Å². The van der Waals surface area contributed by atoms with Crippen molar-refractivity contribution in [2.75, 3.05) is 13.7 Å². The van der Waals surface area contributed by atoms with Gasteiger partial charge in [0.25, 0.3) is 0 Å². The zero-order chi connectivity index (χ0) is 17.6. The van der Waals surface area contributed by atoms with Crippen LogP contribution in [-0.4, -0.2) is 26.0 Å². The summed E-state index contributed by atoms with van der Waals surface area (Å²) < 4.78 is 50.4. The minimum atomic E-state index is -4.74. The van der Waals surface area contributed by atoms with Crippen LogP contribution >= 0.6 is 0 Å². The smallest absolute Gasteiger partial charge is 0.426 e. The highest BCUT2D eigenvalue weighted by Gasteiger charge is 2.31. The van der Waals surface area contributed by atoms with Gasteiger partial charge in [0.15, 0.2) is 0 Å². The van der Waals surface area contributed by atoms with E-state index in [4.69, 9.17) is 9.47 Å². The summed E-state index contributed by atoms with van der Waals surface area (Å²) in [5, 5.41) is 0. The fraction of sp³-hybridized carbons (Fsp3) is 0.588. The van der Waals surface area contributed by atoms with Crippen LogP contribution < -0.4 is 9.47 Å². The third-order valence-corrected chi connectivity index (χ3v) is 4.19. The lowest BCUT2D eigenvalue weighted by Crippen LogP contribution is -2.26. The lowest BCUT2D eigenvalue weighted by molar-refractivity contribution is -0.274. The molecule has 0 saturated heterocycles. The van der Waals surface area contributed by atoms with Gasteiger partial charge in [-0.05, 0) is 62.3 Å². The molecular formula is C17H21F3O4. The van der Waals surface area contributed by atoms with Gasteiger partial charge in [0.2, 0.25) is 0 Å². The standard InChI is InChI=1S/C17H21F3O4/c1-22-11-10-12-2-4-13(5-3-12)16(21)23-14-6-8-15(9-7-14)24-17(18,19)20/h6-9,12-13H,2-5,10-11H2,1H3. The number of hydrogen-bond donors (Lipinski definition) is 0. The van der Waals surface area contributed by atoms with Crippen molar-refractivity contribution in [3.63, 3.8) is 0 Å². The Morgan fingerprint density at radius 1 is 1.08 bits per heavy atom. The van der Waals surface area contributed by atoms with Gasteiger partial charge in [0.1, 0.15) is 11.5 Å². The first-order valence-electron chi connectivity index (χ1n) is 7.94. The topological polar surface area (TPSA) is 44.8 Å². The number of alkyl halides is 3. The quantitative estimate of drug-likeness (QED) is 0.568. The predicted octanol–water partition coefficient (Wildman–Crippen LogP) is 4.33. The second-order valence-corrected chi connectivity index (χ2v) is 5.94. The van der Waals surface area contributed by atoms with Crippen LogP contribution in [0.15, 0.2) is 24.3 Å². The van der Waals surface area contributed by atoms with Gasteiger partial charge in [-0.3, -0.25) is 4.79 Å². The number of halogens is 3. The molecule has 1 aromatic carbocycles. The van der Waals surface area contributed by atoms with Crippen LogP contribution in [0.1, 0.15) is 32.1 Å². The molecule has 0 aromatic heterocycles. The van der Waals surface area contributed by atoms with Crippen LogP contribution in [0.25, 0.3) is 0 Å². The fourth-order valence-corrected chi connectivity index (χ4v) is 2.88. The summed E-state index contributed by atoms with van der Waals surface area (Å²) in [7, 11) is 1.67. The van der Waals surface area contributed by atoms with Crippen LogP contribution in [0.4, 0.5) is 13.2 Å². The Kier molecular flexibility index (Phi) is 6.48. The van der Waals surface area contributed by atoms with Gasteiger partial charge in [-0.25, -0.2) is 0 Å². The van der Waals surface area contributed by atoms with Crippen molar-refractivity contribution in [2.45, 2.75) is 38.5 Å². The summed E-state index contributed by atoms with van der Waals surface area (Å²) in [6, 6.07) is 4.84. The molecule has 0 unspecified atom stereocenters. The van der Waals surface area contributed by atoms with E-state index in [0.29, 0.717) is 5.92 Å². The molecule has 1 fully saturated rings. The Bertz CT molecular complexity index is 520. The summed E-state index contributed by atoms with van der Waals surface area (Å²) in [6.45, 7) is 0.728. The van der Waals surface area contributed by atoms with Gasteiger partial charge in [-0.2, -0.15) is 0 Å². The Morgan fingerprint density at radius 2 is 1.67 bits per heavy atom. The van der Waals surface area contributed by atoms with Crippen LogP contribution in [-0.2, 0) is 9.53 Å². The van der Waals surface area contributed by atoms with Gasteiger partial charge >= 0.3 is 12.3 Å². The first-order valence-corrected chi connectivity index (χ1v) is 7.94. The molecule has 1 aliphatic rings. The lowest BCUT2D eigenvalue weighted by atomic mass is 9.81. The number of esters is 1. The zero-order valence-corrected chi connectivity index (χ0v) is 13.5. The third kappa shape index (κ3) is 6.03. The number of methoxy groups -OCH3 is 1. The number of benzene rings is 1. The Hall–Kier alpha value is -1.76. The van der Waals surface area contributed by atoms with Crippen molar-refractivity contribution in [2.24, 2.45) is 11.8 Å². The molecular weight excluding hydrogens is 325 g/mol. The maximum Gasteiger partial charge on any atom is 0.573 e. The van der Waals surface area contributed by atoms with Gasteiger partial charge in [-0.1, -0.05) is 0 Å². The molecule has 0 bridgehead atoms. The molecule has 0 heterocycles. The average Bonchev–Trinajstić information content (AvgIpc) is 2.54. The van der Waals surface area contributed by atoms with Crippen LogP contribution in [0.2, 0.25) is 0 Å². The zero-order valence-electron chi connectivity index (χ0n) is 13.5. The van der Waals surface area contributed by atoms with E-state index in [2.05, 4.69) is 4.74 Å². The molecule has 134 valence electrons. The SMILES string of the molecule is COCCC1CCC(C(=O)Oc2ccc(OC(F)(F)F)cc2)CC1. The van der Waals surface area contributed by atoms with Crippen molar-refractivity contribution in [3.8, 4) is 11.5 Å². The van der Waals surface area contributed by atoms with Crippen molar-refractivity contribution in [3.05, 3.63) is 24.3 Å². The molecule has 1 aliphatic carbocycles. The van der Waals surface area contributed by atoms with E-state index in [1.807, 2.05) is 0 Å². The van der Waals surface area contributed by atoms with E-state index in [-0.39, 0.29) is 23.4 Å². The molecule has 0 spiro atoms. The summed E-state index contributed by atoms with van der Waals surface area (Å²) >= 11 is 0. The first kappa shape index (κ1) is 18.6.